The first-order valence-corrected chi connectivity index (χ1v) is 13.2. The van der Waals surface area contributed by atoms with Crippen LogP contribution in [0.4, 0.5) is 5.69 Å². The number of aromatic carboxylic acids is 1. The van der Waals surface area contributed by atoms with E-state index in [2.05, 4.69) is 22.0 Å². The highest BCUT2D eigenvalue weighted by atomic mass is 32.2. The number of aromatic nitrogens is 2. The van der Waals surface area contributed by atoms with E-state index in [1.165, 1.54) is 6.20 Å². The van der Waals surface area contributed by atoms with Crippen molar-refractivity contribution < 1.29 is 18.3 Å². The Kier molecular flexibility index (Phi) is 5.92. The van der Waals surface area contributed by atoms with Gasteiger partial charge in [0, 0.05) is 5.92 Å². The molecule has 2 atom stereocenters. The number of rotatable bonds is 7. The Morgan fingerprint density at radius 2 is 1.67 bits per heavy atom. The first-order valence-electron chi connectivity index (χ1n) is 11.7. The average Bonchev–Trinajstić information content (AvgIpc) is 3.47. The minimum atomic E-state index is -3.83. The number of carboxylic acids is 1. The van der Waals surface area contributed by atoms with Crippen molar-refractivity contribution in [1.82, 2.24) is 9.78 Å². The van der Waals surface area contributed by atoms with Gasteiger partial charge < -0.3 is 5.11 Å². The molecule has 0 unspecified atom stereocenters. The molecule has 0 amide bonds. The summed E-state index contributed by atoms with van der Waals surface area (Å²) in [7, 11) is -3.83. The second-order valence-corrected chi connectivity index (χ2v) is 11.0. The predicted molar refractivity (Wildman–Crippen MR) is 139 cm³/mol. The summed E-state index contributed by atoms with van der Waals surface area (Å²) in [5, 5.41) is 14.2. The molecule has 0 bridgehead atoms. The number of aryl methyl sites for hydroxylation is 3. The third-order valence-corrected chi connectivity index (χ3v) is 8.31. The summed E-state index contributed by atoms with van der Waals surface area (Å²) in [6.07, 6.45) is 2.20. The molecular weight excluding hydrogens is 474 g/mol. The van der Waals surface area contributed by atoms with Crippen molar-refractivity contribution in [3.63, 3.8) is 0 Å². The number of sulfonamides is 1. The summed E-state index contributed by atoms with van der Waals surface area (Å²) < 4.78 is 30.9. The lowest BCUT2D eigenvalue weighted by molar-refractivity contribution is 0.0695. The van der Waals surface area contributed by atoms with Crippen molar-refractivity contribution in [2.45, 2.75) is 43.9 Å². The second kappa shape index (κ2) is 8.95. The Bertz CT molecular complexity index is 1550. The summed E-state index contributed by atoms with van der Waals surface area (Å²) >= 11 is 0. The molecular formula is C28H27N3O4S. The van der Waals surface area contributed by atoms with Gasteiger partial charge in [0.25, 0.3) is 10.0 Å². The van der Waals surface area contributed by atoms with Gasteiger partial charge in [0.05, 0.1) is 28.2 Å². The molecule has 1 heterocycles. The quantitative estimate of drug-likeness (QED) is 0.345. The van der Waals surface area contributed by atoms with Crippen molar-refractivity contribution >= 4 is 21.7 Å². The molecule has 4 aromatic rings. The van der Waals surface area contributed by atoms with E-state index in [1.54, 1.807) is 42.8 Å². The molecule has 8 heteroatoms. The first kappa shape index (κ1) is 23.8. The molecule has 2 N–H and O–H groups in total. The van der Waals surface area contributed by atoms with Crippen molar-refractivity contribution in [3.8, 4) is 5.69 Å². The molecule has 184 valence electrons. The standard InChI is InChI=1S/C28H27N3O4S/c1-17-12-18(2)27(19(3)13-17)36(34,35)30-21-10-7-11-22(14-21)31-26(25(16-29-31)28(32)33)24-15-23(24)20-8-5-4-6-9-20/h4-14,16,23-24,30H,15H2,1-3H3,(H,32,33)/t23-,24+/m1/s1. The van der Waals surface area contributed by atoms with Crippen LogP contribution in [0.15, 0.2) is 77.8 Å². The summed E-state index contributed by atoms with van der Waals surface area (Å²) in [5.41, 5.74) is 5.28. The van der Waals surface area contributed by atoms with Gasteiger partial charge >= 0.3 is 5.97 Å². The highest BCUT2D eigenvalue weighted by Crippen LogP contribution is 2.55. The number of hydrogen-bond donors (Lipinski definition) is 2. The number of hydrogen-bond acceptors (Lipinski definition) is 4. The average molecular weight is 502 g/mol. The molecule has 1 aliphatic rings. The molecule has 0 aliphatic heterocycles. The van der Waals surface area contributed by atoms with E-state index < -0.39 is 16.0 Å². The van der Waals surface area contributed by atoms with Crippen LogP contribution in [-0.4, -0.2) is 29.3 Å². The molecule has 0 saturated heterocycles. The lowest BCUT2D eigenvalue weighted by atomic mass is 10.1. The van der Waals surface area contributed by atoms with Gasteiger partial charge in [-0.1, -0.05) is 54.1 Å². The number of anilines is 1. The Hall–Kier alpha value is -3.91. The fourth-order valence-electron chi connectivity index (χ4n) is 5.15. The Morgan fingerprint density at radius 3 is 2.33 bits per heavy atom. The van der Waals surface area contributed by atoms with Crippen molar-refractivity contribution in [2.75, 3.05) is 4.72 Å². The van der Waals surface area contributed by atoms with E-state index >= 15 is 0 Å². The van der Waals surface area contributed by atoms with Gasteiger partial charge in [-0.15, -0.1) is 0 Å². The third kappa shape index (κ3) is 4.40. The number of nitrogens with one attached hydrogen (secondary N) is 1. The number of carboxylic acid groups (broad SMARTS) is 1. The smallest absolute Gasteiger partial charge is 0.339 e. The van der Waals surface area contributed by atoms with Gasteiger partial charge in [-0.2, -0.15) is 5.10 Å². The maximum Gasteiger partial charge on any atom is 0.339 e. The Labute approximate surface area is 210 Å². The maximum absolute atomic E-state index is 13.3. The normalized spacial score (nSPS) is 17.1. The van der Waals surface area contributed by atoms with Gasteiger partial charge in [-0.3, -0.25) is 4.72 Å². The molecule has 7 nitrogen and oxygen atoms in total. The van der Waals surface area contributed by atoms with Crippen LogP contribution in [-0.2, 0) is 10.0 Å². The van der Waals surface area contributed by atoms with Gasteiger partial charge in [0.1, 0.15) is 5.56 Å². The van der Waals surface area contributed by atoms with E-state index in [4.69, 9.17) is 0 Å². The zero-order valence-electron chi connectivity index (χ0n) is 20.3. The zero-order chi connectivity index (χ0) is 25.6. The van der Waals surface area contributed by atoms with E-state index in [9.17, 15) is 18.3 Å². The molecule has 36 heavy (non-hydrogen) atoms. The fourth-order valence-corrected chi connectivity index (χ4v) is 6.65. The lowest BCUT2D eigenvalue weighted by Gasteiger charge is -2.15. The molecule has 1 saturated carbocycles. The van der Waals surface area contributed by atoms with Gasteiger partial charge in [-0.25, -0.2) is 17.9 Å². The van der Waals surface area contributed by atoms with Crippen LogP contribution in [0.2, 0.25) is 0 Å². The summed E-state index contributed by atoms with van der Waals surface area (Å²) in [4.78, 5) is 12.3. The SMILES string of the molecule is Cc1cc(C)c(S(=O)(=O)Nc2cccc(-n3ncc(C(=O)O)c3[C@H]3C[C@@H]3c3ccccc3)c2)c(C)c1. The Balaban J connectivity index is 1.50. The molecule has 0 radical (unpaired) electrons. The largest absolute Gasteiger partial charge is 0.478 e. The van der Waals surface area contributed by atoms with Crippen LogP contribution in [0.1, 0.15) is 56.6 Å². The van der Waals surface area contributed by atoms with Crippen molar-refractivity contribution in [1.29, 1.82) is 0 Å². The van der Waals surface area contributed by atoms with Crippen LogP contribution < -0.4 is 4.72 Å². The van der Waals surface area contributed by atoms with E-state index in [1.807, 2.05) is 37.3 Å². The molecule has 3 aromatic carbocycles. The molecule has 0 spiro atoms. The van der Waals surface area contributed by atoms with Crippen LogP contribution in [0.25, 0.3) is 5.69 Å². The maximum atomic E-state index is 13.3. The van der Waals surface area contributed by atoms with Gasteiger partial charge in [0.2, 0.25) is 0 Å². The van der Waals surface area contributed by atoms with Crippen LogP contribution in [0.3, 0.4) is 0 Å². The third-order valence-electron chi connectivity index (χ3n) is 6.62. The molecule has 1 aromatic heterocycles. The monoisotopic (exact) mass is 501 g/mol. The predicted octanol–water partition coefficient (Wildman–Crippen LogP) is 5.57. The van der Waals surface area contributed by atoms with Crippen LogP contribution >= 0.6 is 0 Å². The van der Waals surface area contributed by atoms with Gasteiger partial charge in [-0.05, 0) is 68.0 Å². The zero-order valence-corrected chi connectivity index (χ0v) is 21.1. The van der Waals surface area contributed by atoms with Crippen LogP contribution in [0.5, 0.6) is 0 Å². The highest BCUT2D eigenvalue weighted by molar-refractivity contribution is 7.92. The minimum Gasteiger partial charge on any atom is -0.478 e. The topological polar surface area (TPSA) is 101 Å². The number of carbonyl (C=O) groups is 1. The van der Waals surface area contributed by atoms with E-state index in [-0.39, 0.29) is 22.3 Å². The highest BCUT2D eigenvalue weighted by Gasteiger charge is 2.44. The molecule has 1 fully saturated rings. The first-order chi connectivity index (χ1) is 17.2. The summed E-state index contributed by atoms with van der Waals surface area (Å²) in [6.45, 7) is 5.50. The number of nitrogens with zero attached hydrogens (tertiary/aromatic N) is 2. The molecule has 5 rings (SSSR count). The fraction of sp³-hybridized carbons (Fsp3) is 0.214. The van der Waals surface area contributed by atoms with E-state index in [0.29, 0.717) is 28.2 Å². The van der Waals surface area contributed by atoms with E-state index in [0.717, 1.165) is 17.5 Å². The summed E-state index contributed by atoms with van der Waals surface area (Å²) in [6, 6.07) is 20.6. The number of benzene rings is 3. The summed E-state index contributed by atoms with van der Waals surface area (Å²) in [5.74, 6) is -0.801. The Morgan fingerprint density at radius 1 is 0.972 bits per heavy atom. The van der Waals surface area contributed by atoms with Crippen LogP contribution in [0, 0.1) is 20.8 Å². The second-order valence-electron chi connectivity index (χ2n) is 9.40. The van der Waals surface area contributed by atoms with Gasteiger partial charge in [0.15, 0.2) is 0 Å². The minimum absolute atomic E-state index is 0.0132. The lowest BCUT2D eigenvalue weighted by Crippen LogP contribution is -2.16. The van der Waals surface area contributed by atoms with Crippen molar-refractivity contribution in [3.05, 3.63) is 106 Å². The molecule has 1 aliphatic carbocycles. The van der Waals surface area contributed by atoms with Crippen molar-refractivity contribution in [2.24, 2.45) is 0 Å².